The third-order valence-electron chi connectivity index (χ3n) is 1.66. The Bertz CT molecular complexity index is 254. The predicted octanol–water partition coefficient (Wildman–Crippen LogP) is 2.41. The molecule has 2 heteroatoms. The Hall–Kier alpha value is -1.05. The third kappa shape index (κ3) is 1.70. The smallest absolute Gasteiger partial charge is 0.137 e. The van der Waals surface area contributed by atoms with E-state index in [0.717, 1.165) is 23.4 Å². The average Bonchev–Trinajstić information content (AvgIpc) is 2.18. The van der Waals surface area contributed by atoms with Crippen LogP contribution in [0.1, 0.15) is 23.9 Å². The van der Waals surface area contributed by atoms with Gasteiger partial charge in [0.25, 0.3) is 0 Å². The first-order valence-electron chi connectivity index (χ1n) is 3.67. The van der Waals surface area contributed by atoms with Gasteiger partial charge in [-0.15, -0.1) is 0 Å². The first-order valence-corrected chi connectivity index (χ1v) is 3.67. The fraction of sp³-hybridized carbons (Fsp3) is 0.444. The van der Waals surface area contributed by atoms with E-state index in [-0.39, 0.29) is 0 Å². The minimum atomic E-state index is 0.876. The summed E-state index contributed by atoms with van der Waals surface area (Å²) in [4.78, 5) is 0. The van der Waals surface area contributed by atoms with Crippen LogP contribution in [0.2, 0.25) is 0 Å². The summed E-state index contributed by atoms with van der Waals surface area (Å²) in [5.41, 5.74) is 3.29. The summed E-state index contributed by atoms with van der Waals surface area (Å²) >= 11 is 0. The molecule has 0 aliphatic heterocycles. The van der Waals surface area contributed by atoms with E-state index in [1.54, 1.807) is 0 Å². The number of aromatic nitrogens is 1. The van der Waals surface area contributed by atoms with E-state index in [4.69, 9.17) is 4.52 Å². The summed E-state index contributed by atoms with van der Waals surface area (Å²) in [5.74, 6) is 0.908. The van der Waals surface area contributed by atoms with E-state index in [2.05, 4.69) is 11.7 Å². The van der Waals surface area contributed by atoms with Crippen LogP contribution in [0.25, 0.3) is 0 Å². The maximum atomic E-state index is 5.01. The van der Waals surface area contributed by atoms with Gasteiger partial charge in [0.15, 0.2) is 0 Å². The first kappa shape index (κ1) is 8.05. The van der Waals surface area contributed by atoms with Crippen molar-refractivity contribution in [2.45, 2.75) is 27.2 Å². The van der Waals surface area contributed by atoms with Gasteiger partial charge in [-0.3, -0.25) is 0 Å². The van der Waals surface area contributed by atoms with Crippen LogP contribution in [0, 0.1) is 13.8 Å². The van der Waals surface area contributed by atoms with E-state index >= 15 is 0 Å². The highest BCUT2D eigenvalue weighted by Gasteiger charge is 2.07. The molecule has 1 aromatic heterocycles. The number of nitrogens with zero attached hydrogens (tertiary/aromatic N) is 1. The molecule has 0 unspecified atom stereocenters. The molecule has 0 radical (unpaired) electrons. The third-order valence-corrected chi connectivity index (χ3v) is 1.66. The molecule has 60 valence electrons. The average molecular weight is 151 g/mol. The molecular formula is C9H13NO. The minimum Gasteiger partial charge on any atom is -0.361 e. The van der Waals surface area contributed by atoms with Gasteiger partial charge in [0.2, 0.25) is 0 Å². The van der Waals surface area contributed by atoms with Gasteiger partial charge in [-0.2, -0.15) is 0 Å². The van der Waals surface area contributed by atoms with Crippen molar-refractivity contribution in [3.63, 3.8) is 0 Å². The number of hydrogen-bond donors (Lipinski definition) is 0. The predicted molar refractivity (Wildman–Crippen MR) is 44.5 cm³/mol. The van der Waals surface area contributed by atoms with Gasteiger partial charge < -0.3 is 4.52 Å². The first-order chi connectivity index (χ1) is 5.11. The lowest BCUT2D eigenvalue weighted by molar-refractivity contribution is 0.392. The van der Waals surface area contributed by atoms with E-state index in [1.807, 2.05) is 20.8 Å². The highest BCUT2D eigenvalue weighted by Crippen LogP contribution is 2.15. The lowest BCUT2D eigenvalue weighted by atomic mass is 10.1. The van der Waals surface area contributed by atoms with Crippen molar-refractivity contribution < 1.29 is 4.52 Å². The van der Waals surface area contributed by atoms with E-state index in [1.165, 1.54) is 5.56 Å². The molecule has 1 heterocycles. The molecule has 0 amide bonds. The number of hydrogen-bond acceptors (Lipinski definition) is 2. The second-order valence-electron chi connectivity index (χ2n) is 2.94. The molecule has 0 saturated heterocycles. The number of rotatable bonds is 2. The van der Waals surface area contributed by atoms with Crippen LogP contribution in [0.4, 0.5) is 0 Å². The van der Waals surface area contributed by atoms with Gasteiger partial charge >= 0.3 is 0 Å². The van der Waals surface area contributed by atoms with Crippen LogP contribution in [0.3, 0.4) is 0 Å². The van der Waals surface area contributed by atoms with Gasteiger partial charge in [-0.25, -0.2) is 0 Å². The zero-order valence-electron chi connectivity index (χ0n) is 7.27. The summed E-state index contributed by atoms with van der Waals surface area (Å²) in [6.07, 6.45) is 0.876. The standard InChI is InChI=1S/C9H13NO/c1-6(2)5-9-7(3)10-11-8(9)4/h1,5H2,2-4H3. The molecule has 1 rings (SSSR count). The van der Waals surface area contributed by atoms with Crippen LogP contribution in [0.15, 0.2) is 16.7 Å². The Kier molecular flexibility index (Phi) is 2.13. The quantitative estimate of drug-likeness (QED) is 0.606. The summed E-state index contributed by atoms with van der Waals surface area (Å²) in [6.45, 7) is 9.73. The molecule has 1 aromatic rings. The van der Waals surface area contributed by atoms with Crippen molar-refractivity contribution in [2.24, 2.45) is 0 Å². The summed E-state index contributed by atoms with van der Waals surface area (Å²) < 4.78 is 5.01. The Morgan fingerprint density at radius 3 is 2.55 bits per heavy atom. The molecule has 0 saturated carbocycles. The van der Waals surface area contributed by atoms with E-state index in [0.29, 0.717) is 0 Å². The van der Waals surface area contributed by atoms with Crippen molar-refractivity contribution in [2.75, 3.05) is 0 Å². The normalized spacial score (nSPS) is 10.1. The Balaban J connectivity index is 2.92. The Morgan fingerprint density at radius 2 is 2.18 bits per heavy atom. The van der Waals surface area contributed by atoms with Crippen LogP contribution in [-0.4, -0.2) is 5.16 Å². The van der Waals surface area contributed by atoms with Crippen LogP contribution in [0.5, 0.6) is 0 Å². The molecule has 0 aliphatic rings. The fourth-order valence-electron chi connectivity index (χ4n) is 1.06. The molecule has 11 heavy (non-hydrogen) atoms. The molecule has 2 nitrogen and oxygen atoms in total. The van der Waals surface area contributed by atoms with Crippen molar-refractivity contribution in [1.82, 2.24) is 5.16 Å². The Morgan fingerprint density at radius 1 is 1.55 bits per heavy atom. The van der Waals surface area contributed by atoms with Gasteiger partial charge in [0, 0.05) is 5.56 Å². The van der Waals surface area contributed by atoms with E-state index < -0.39 is 0 Å². The number of allylic oxidation sites excluding steroid dienone is 1. The van der Waals surface area contributed by atoms with Crippen LogP contribution in [-0.2, 0) is 6.42 Å². The largest absolute Gasteiger partial charge is 0.361 e. The lowest BCUT2D eigenvalue weighted by Crippen LogP contribution is -1.88. The molecule has 0 N–H and O–H groups in total. The SMILES string of the molecule is C=C(C)Cc1c(C)noc1C. The Labute approximate surface area is 66.9 Å². The van der Waals surface area contributed by atoms with Crippen molar-refractivity contribution in [3.8, 4) is 0 Å². The maximum absolute atomic E-state index is 5.01. The van der Waals surface area contributed by atoms with E-state index in [9.17, 15) is 0 Å². The van der Waals surface area contributed by atoms with Crippen molar-refractivity contribution >= 4 is 0 Å². The summed E-state index contributed by atoms with van der Waals surface area (Å²) in [7, 11) is 0. The van der Waals surface area contributed by atoms with Gasteiger partial charge in [0.05, 0.1) is 5.69 Å². The van der Waals surface area contributed by atoms with Crippen molar-refractivity contribution in [3.05, 3.63) is 29.2 Å². The minimum absolute atomic E-state index is 0.876. The topological polar surface area (TPSA) is 26.0 Å². The molecule has 0 aromatic carbocycles. The highest BCUT2D eigenvalue weighted by molar-refractivity contribution is 5.25. The second kappa shape index (κ2) is 2.91. The fourth-order valence-corrected chi connectivity index (χ4v) is 1.06. The summed E-state index contributed by atoms with van der Waals surface area (Å²) in [5, 5.41) is 3.85. The summed E-state index contributed by atoms with van der Waals surface area (Å²) in [6, 6.07) is 0. The molecular weight excluding hydrogens is 138 g/mol. The van der Waals surface area contributed by atoms with Gasteiger partial charge in [0.1, 0.15) is 5.76 Å². The van der Waals surface area contributed by atoms with Gasteiger partial charge in [-0.05, 0) is 27.2 Å². The number of aryl methyl sites for hydroxylation is 2. The molecule has 0 fully saturated rings. The molecule has 0 spiro atoms. The zero-order chi connectivity index (χ0) is 8.43. The monoisotopic (exact) mass is 151 g/mol. The zero-order valence-corrected chi connectivity index (χ0v) is 7.27. The lowest BCUT2D eigenvalue weighted by Gasteiger charge is -1.96. The highest BCUT2D eigenvalue weighted by atomic mass is 16.5. The molecule has 0 aliphatic carbocycles. The molecule has 0 bridgehead atoms. The molecule has 0 atom stereocenters. The van der Waals surface area contributed by atoms with Crippen LogP contribution >= 0.6 is 0 Å². The second-order valence-corrected chi connectivity index (χ2v) is 2.94. The maximum Gasteiger partial charge on any atom is 0.137 e. The van der Waals surface area contributed by atoms with Gasteiger partial charge in [-0.1, -0.05) is 17.3 Å². The van der Waals surface area contributed by atoms with Crippen molar-refractivity contribution in [1.29, 1.82) is 0 Å². The van der Waals surface area contributed by atoms with Crippen LogP contribution < -0.4 is 0 Å².